The lowest BCUT2D eigenvalue weighted by molar-refractivity contribution is 0.516. The Morgan fingerprint density at radius 3 is 2.45 bits per heavy atom. The fourth-order valence-electron chi connectivity index (χ4n) is 3.26. The lowest BCUT2D eigenvalue weighted by Gasteiger charge is -2.15. The molecule has 0 aromatic carbocycles. The molecule has 3 rings (SSSR count). The van der Waals surface area contributed by atoms with E-state index in [0.717, 1.165) is 24.1 Å². The topological polar surface area (TPSA) is 37.8 Å². The Morgan fingerprint density at radius 1 is 1.10 bits per heavy atom. The molecule has 2 unspecified atom stereocenters. The second-order valence-electron chi connectivity index (χ2n) is 6.22. The van der Waals surface area contributed by atoms with Gasteiger partial charge in [-0.2, -0.15) is 0 Å². The number of halogens is 1. The summed E-state index contributed by atoms with van der Waals surface area (Å²) in [5.74, 6) is 4.35. The minimum atomic E-state index is 0.590. The van der Waals surface area contributed by atoms with E-state index in [0.29, 0.717) is 11.8 Å². The molecule has 110 valence electrons. The van der Waals surface area contributed by atoms with Crippen molar-refractivity contribution < 1.29 is 0 Å². The first-order valence-electron chi connectivity index (χ1n) is 8.04. The van der Waals surface area contributed by atoms with Crippen molar-refractivity contribution in [3.8, 4) is 0 Å². The van der Waals surface area contributed by atoms with Crippen molar-refractivity contribution in [2.45, 2.75) is 64.2 Å². The molecule has 0 radical (unpaired) electrons. The van der Waals surface area contributed by atoms with Gasteiger partial charge in [0.25, 0.3) is 0 Å². The second-order valence-corrected chi connectivity index (χ2v) is 7.30. The van der Waals surface area contributed by atoms with Gasteiger partial charge in [0.05, 0.1) is 9.26 Å². The van der Waals surface area contributed by atoms with Crippen molar-refractivity contribution in [3.63, 3.8) is 0 Å². The Hall–Kier alpha value is -0.390. The van der Waals surface area contributed by atoms with Gasteiger partial charge in [0.2, 0.25) is 0 Å². The Morgan fingerprint density at radius 2 is 1.85 bits per heavy atom. The van der Waals surface area contributed by atoms with Gasteiger partial charge in [0.1, 0.15) is 11.6 Å². The zero-order valence-corrected chi connectivity index (χ0v) is 14.6. The highest BCUT2D eigenvalue weighted by molar-refractivity contribution is 14.1. The Kier molecular flexibility index (Phi) is 4.48. The van der Waals surface area contributed by atoms with Gasteiger partial charge in [-0.25, -0.2) is 9.97 Å². The van der Waals surface area contributed by atoms with Crippen molar-refractivity contribution >= 4 is 28.4 Å². The van der Waals surface area contributed by atoms with Crippen LogP contribution in [0.4, 0.5) is 5.82 Å². The van der Waals surface area contributed by atoms with E-state index >= 15 is 0 Å². The molecule has 0 saturated heterocycles. The van der Waals surface area contributed by atoms with Gasteiger partial charge in [-0.1, -0.05) is 13.3 Å². The molecule has 1 N–H and O–H groups in total. The largest absolute Gasteiger partial charge is 0.369 e. The summed E-state index contributed by atoms with van der Waals surface area (Å²) in [6, 6.07) is 0. The summed E-state index contributed by atoms with van der Waals surface area (Å²) in [4.78, 5) is 9.82. The minimum absolute atomic E-state index is 0.590. The van der Waals surface area contributed by atoms with Crippen molar-refractivity contribution in [2.75, 3.05) is 11.9 Å². The predicted octanol–water partition coefficient (Wildman–Crippen LogP) is 4.68. The summed E-state index contributed by atoms with van der Waals surface area (Å²) in [7, 11) is 0. The SMILES string of the molecule is CCNc1nc(C2CCC(CC)C2)nc(C2CC2)c1I. The Balaban J connectivity index is 1.90. The fraction of sp³-hybridized carbons (Fsp3) is 0.750. The average molecular weight is 385 g/mol. The first-order chi connectivity index (χ1) is 9.72. The van der Waals surface area contributed by atoms with Crippen LogP contribution in [-0.4, -0.2) is 16.5 Å². The molecule has 4 heteroatoms. The van der Waals surface area contributed by atoms with Crippen LogP contribution in [0.3, 0.4) is 0 Å². The maximum atomic E-state index is 4.97. The molecule has 2 fully saturated rings. The van der Waals surface area contributed by atoms with Crippen LogP contribution < -0.4 is 5.32 Å². The van der Waals surface area contributed by atoms with Crippen LogP contribution in [0.1, 0.15) is 75.7 Å². The van der Waals surface area contributed by atoms with Crippen molar-refractivity contribution in [1.82, 2.24) is 9.97 Å². The highest BCUT2D eigenvalue weighted by atomic mass is 127. The summed E-state index contributed by atoms with van der Waals surface area (Å²) < 4.78 is 1.25. The highest BCUT2D eigenvalue weighted by Crippen LogP contribution is 2.44. The molecule has 2 saturated carbocycles. The van der Waals surface area contributed by atoms with Crippen molar-refractivity contribution in [2.24, 2.45) is 5.92 Å². The quantitative estimate of drug-likeness (QED) is 0.748. The first-order valence-corrected chi connectivity index (χ1v) is 9.12. The maximum absolute atomic E-state index is 4.97. The van der Waals surface area contributed by atoms with Crippen LogP contribution in [0.25, 0.3) is 0 Å². The van der Waals surface area contributed by atoms with Gasteiger partial charge < -0.3 is 5.32 Å². The minimum Gasteiger partial charge on any atom is -0.369 e. The summed E-state index contributed by atoms with van der Waals surface area (Å²) >= 11 is 2.42. The van der Waals surface area contributed by atoms with Gasteiger partial charge in [-0.15, -0.1) is 0 Å². The van der Waals surface area contributed by atoms with E-state index in [9.17, 15) is 0 Å². The predicted molar refractivity (Wildman–Crippen MR) is 91.3 cm³/mol. The van der Waals surface area contributed by atoms with Crippen LogP contribution in [0.2, 0.25) is 0 Å². The normalized spacial score (nSPS) is 25.9. The van der Waals surface area contributed by atoms with E-state index in [2.05, 4.69) is 41.8 Å². The van der Waals surface area contributed by atoms with Crippen LogP contribution in [0, 0.1) is 9.49 Å². The molecule has 0 bridgehead atoms. The van der Waals surface area contributed by atoms with Crippen LogP contribution >= 0.6 is 22.6 Å². The number of anilines is 1. The van der Waals surface area contributed by atoms with E-state index in [1.165, 1.54) is 47.8 Å². The third-order valence-electron chi connectivity index (χ3n) is 4.69. The lowest BCUT2D eigenvalue weighted by Crippen LogP contribution is -2.11. The molecule has 0 spiro atoms. The highest BCUT2D eigenvalue weighted by Gasteiger charge is 2.32. The number of nitrogens with zero attached hydrogens (tertiary/aromatic N) is 2. The second kappa shape index (κ2) is 6.16. The first kappa shape index (κ1) is 14.5. The van der Waals surface area contributed by atoms with E-state index in [1.807, 2.05) is 0 Å². The molecule has 1 aromatic heterocycles. The van der Waals surface area contributed by atoms with Gasteiger partial charge in [-0.05, 0) is 67.5 Å². The summed E-state index contributed by atoms with van der Waals surface area (Å²) in [5, 5.41) is 3.43. The molecule has 20 heavy (non-hydrogen) atoms. The monoisotopic (exact) mass is 385 g/mol. The van der Waals surface area contributed by atoms with Crippen LogP contribution in [0.5, 0.6) is 0 Å². The molecule has 2 atom stereocenters. The van der Waals surface area contributed by atoms with Gasteiger partial charge >= 0.3 is 0 Å². The molecule has 2 aliphatic rings. The number of nitrogens with one attached hydrogen (secondary N) is 1. The molecular weight excluding hydrogens is 361 g/mol. The Bertz CT molecular complexity index is 485. The van der Waals surface area contributed by atoms with Crippen molar-refractivity contribution in [3.05, 3.63) is 15.1 Å². The molecule has 1 aromatic rings. The molecular formula is C16H24IN3. The third-order valence-corrected chi connectivity index (χ3v) is 5.75. The smallest absolute Gasteiger partial charge is 0.143 e. The number of rotatable bonds is 5. The maximum Gasteiger partial charge on any atom is 0.143 e. The van der Waals surface area contributed by atoms with Gasteiger partial charge in [0.15, 0.2) is 0 Å². The van der Waals surface area contributed by atoms with Crippen LogP contribution in [-0.2, 0) is 0 Å². The zero-order valence-electron chi connectivity index (χ0n) is 12.5. The molecule has 1 heterocycles. The van der Waals surface area contributed by atoms with Crippen molar-refractivity contribution in [1.29, 1.82) is 0 Å². The summed E-state index contributed by atoms with van der Waals surface area (Å²) in [5.41, 5.74) is 1.31. The standard InChI is InChI=1S/C16H24IN3/c1-3-10-5-6-12(9-10)15-19-14(11-7-8-11)13(17)16(20-15)18-4-2/h10-12H,3-9H2,1-2H3,(H,18,19,20). The molecule has 2 aliphatic carbocycles. The van der Waals surface area contributed by atoms with Gasteiger partial charge in [-0.3, -0.25) is 0 Å². The zero-order chi connectivity index (χ0) is 14.1. The summed E-state index contributed by atoms with van der Waals surface area (Å²) in [6.45, 7) is 5.37. The van der Waals surface area contributed by atoms with Crippen LogP contribution in [0.15, 0.2) is 0 Å². The lowest BCUT2D eigenvalue weighted by atomic mass is 10.0. The molecule has 3 nitrogen and oxygen atoms in total. The van der Waals surface area contributed by atoms with Gasteiger partial charge in [0, 0.05) is 18.4 Å². The van der Waals surface area contributed by atoms with E-state index in [4.69, 9.17) is 9.97 Å². The average Bonchev–Trinajstić information content (AvgIpc) is 3.18. The number of hydrogen-bond acceptors (Lipinski definition) is 3. The number of aromatic nitrogens is 2. The molecule has 0 aliphatic heterocycles. The van der Waals surface area contributed by atoms with E-state index in [-0.39, 0.29) is 0 Å². The number of hydrogen-bond donors (Lipinski definition) is 1. The third kappa shape index (κ3) is 2.95. The Labute approximate surface area is 135 Å². The summed E-state index contributed by atoms with van der Waals surface area (Å²) in [6.07, 6.45) is 7.82. The van der Waals surface area contributed by atoms with E-state index in [1.54, 1.807) is 0 Å². The molecule has 0 amide bonds. The fourth-order valence-corrected chi connectivity index (χ4v) is 4.13. The van der Waals surface area contributed by atoms with E-state index < -0.39 is 0 Å².